The van der Waals surface area contributed by atoms with Crippen LogP contribution in [0.3, 0.4) is 0 Å². The van der Waals surface area contributed by atoms with Crippen LogP contribution < -0.4 is 5.73 Å². The monoisotopic (exact) mass is 304 g/mol. The van der Waals surface area contributed by atoms with Gasteiger partial charge in [-0.15, -0.1) is 12.4 Å². The van der Waals surface area contributed by atoms with Crippen molar-refractivity contribution in [2.75, 3.05) is 19.6 Å². The minimum Gasteiger partial charge on any atom is -0.365 e. The van der Waals surface area contributed by atoms with Gasteiger partial charge in [-0.3, -0.25) is 4.79 Å². The Kier molecular flexibility index (Phi) is 7.85. The van der Waals surface area contributed by atoms with E-state index in [0.29, 0.717) is 12.5 Å². The number of amides is 1. The highest BCUT2D eigenvalue weighted by molar-refractivity contribution is 5.85. The number of likely N-dealkylation sites (tertiary alicyclic amines) is 1. The van der Waals surface area contributed by atoms with Gasteiger partial charge in [0, 0.05) is 13.1 Å². The first-order valence-corrected chi connectivity index (χ1v) is 7.85. The normalized spacial score (nSPS) is 25.9. The molecule has 1 saturated heterocycles. The Morgan fingerprint density at radius 3 is 2.45 bits per heavy atom. The SMILES string of the molecule is CC(OC1CCCCCC1)C(=O)N1CCC(CN)C1.Cl. The first-order valence-electron chi connectivity index (χ1n) is 7.85. The Labute approximate surface area is 128 Å². The summed E-state index contributed by atoms with van der Waals surface area (Å²) in [6.07, 6.45) is 8.37. The van der Waals surface area contributed by atoms with Crippen molar-refractivity contribution >= 4 is 18.3 Å². The highest BCUT2D eigenvalue weighted by Gasteiger charge is 2.30. The molecule has 2 fully saturated rings. The highest BCUT2D eigenvalue weighted by atomic mass is 35.5. The van der Waals surface area contributed by atoms with E-state index < -0.39 is 0 Å². The van der Waals surface area contributed by atoms with Crippen LogP contribution in [0.1, 0.15) is 51.9 Å². The smallest absolute Gasteiger partial charge is 0.251 e. The molecule has 2 aliphatic rings. The number of halogens is 1. The molecule has 0 aromatic carbocycles. The van der Waals surface area contributed by atoms with Crippen LogP contribution in [0.4, 0.5) is 0 Å². The van der Waals surface area contributed by atoms with Crippen LogP contribution in [0.5, 0.6) is 0 Å². The van der Waals surface area contributed by atoms with Gasteiger partial charge in [-0.1, -0.05) is 25.7 Å². The summed E-state index contributed by atoms with van der Waals surface area (Å²) >= 11 is 0. The molecule has 1 heterocycles. The van der Waals surface area contributed by atoms with Crippen LogP contribution in [0, 0.1) is 5.92 Å². The van der Waals surface area contributed by atoms with Crippen molar-refractivity contribution in [3.8, 4) is 0 Å². The second-order valence-corrected chi connectivity index (χ2v) is 6.07. The molecular weight excluding hydrogens is 276 g/mol. The van der Waals surface area contributed by atoms with Gasteiger partial charge in [0.25, 0.3) is 5.91 Å². The van der Waals surface area contributed by atoms with Crippen molar-refractivity contribution < 1.29 is 9.53 Å². The minimum atomic E-state index is -0.292. The Morgan fingerprint density at radius 2 is 1.90 bits per heavy atom. The zero-order chi connectivity index (χ0) is 13.7. The molecule has 1 amide bonds. The molecule has 0 radical (unpaired) electrons. The third-order valence-corrected chi connectivity index (χ3v) is 4.48. The van der Waals surface area contributed by atoms with Gasteiger partial charge < -0.3 is 15.4 Å². The molecule has 4 nitrogen and oxygen atoms in total. The predicted molar refractivity (Wildman–Crippen MR) is 83.0 cm³/mol. The van der Waals surface area contributed by atoms with E-state index in [-0.39, 0.29) is 30.5 Å². The van der Waals surface area contributed by atoms with Crippen molar-refractivity contribution in [3.05, 3.63) is 0 Å². The lowest BCUT2D eigenvalue weighted by Crippen LogP contribution is -2.39. The Bertz CT molecular complexity index is 294. The minimum absolute atomic E-state index is 0. The summed E-state index contributed by atoms with van der Waals surface area (Å²) in [6, 6.07) is 0. The van der Waals surface area contributed by atoms with Gasteiger partial charge in [-0.05, 0) is 38.6 Å². The Morgan fingerprint density at radius 1 is 1.25 bits per heavy atom. The lowest BCUT2D eigenvalue weighted by molar-refractivity contribution is -0.145. The molecule has 5 heteroatoms. The van der Waals surface area contributed by atoms with E-state index in [1.807, 2.05) is 11.8 Å². The molecule has 2 atom stereocenters. The zero-order valence-corrected chi connectivity index (χ0v) is 13.4. The quantitative estimate of drug-likeness (QED) is 0.811. The van der Waals surface area contributed by atoms with E-state index in [9.17, 15) is 4.79 Å². The summed E-state index contributed by atoms with van der Waals surface area (Å²) in [4.78, 5) is 14.3. The number of rotatable bonds is 4. The number of hydrogen-bond donors (Lipinski definition) is 1. The molecular formula is C15H29ClN2O2. The van der Waals surface area contributed by atoms with Gasteiger partial charge >= 0.3 is 0 Å². The molecule has 1 aliphatic heterocycles. The van der Waals surface area contributed by atoms with Crippen LogP contribution in [0.15, 0.2) is 0 Å². The van der Waals surface area contributed by atoms with Crippen LogP contribution in [-0.4, -0.2) is 42.6 Å². The molecule has 1 aliphatic carbocycles. The fourth-order valence-corrected chi connectivity index (χ4v) is 3.21. The van der Waals surface area contributed by atoms with Crippen LogP contribution >= 0.6 is 12.4 Å². The fourth-order valence-electron chi connectivity index (χ4n) is 3.21. The second-order valence-electron chi connectivity index (χ2n) is 6.07. The summed E-state index contributed by atoms with van der Waals surface area (Å²) in [6.45, 7) is 4.25. The fraction of sp³-hybridized carbons (Fsp3) is 0.933. The standard InChI is InChI=1S/C15H28N2O2.ClH/c1-12(19-14-6-4-2-3-5-7-14)15(18)17-9-8-13(10-16)11-17;/h12-14H,2-11,16H2,1H3;1H. The van der Waals surface area contributed by atoms with E-state index in [2.05, 4.69) is 0 Å². The molecule has 0 bridgehead atoms. The van der Waals surface area contributed by atoms with E-state index >= 15 is 0 Å². The Balaban J connectivity index is 0.00000200. The van der Waals surface area contributed by atoms with Gasteiger partial charge in [0.1, 0.15) is 6.10 Å². The van der Waals surface area contributed by atoms with Crippen LogP contribution in [0.25, 0.3) is 0 Å². The van der Waals surface area contributed by atoms with Crippen molar-refractivity contribution in [1.29, 1.82) is 0 Å². The van der Waals surface area contributed by atoms with Crippen molar-refractivity contribution in [2.24, 2.45) is 11.7 Å². The van der Waals surface area contributed by atoms with E-state index in [1.165, 1.54) is 25.7 Å². The molecule has 1 saturated carbocycles. The Hall–Kier alpha value is -0.320. The van der Waals surface area contributed by atoms with Crippen molar-refractivity contribution in [2.45, 2.75) is 64.1 Å². The maximum absolute atomic E-state index is 12.3. The number of carbonyl (C=O) groups is 1. The summed E-state index contributed by atoms with van der Waals surface area (Å²) in [5, 5.41) is 0. The topological polar surface area (TPSA) is 55.6 Å². The van der Waals surface area contributed by atoms with E-state index in [4.69, 9.17) is 10.5 Å². The summed E-state index contributed by atoms with van der Waals surface area (Å²) < 4.78 is 5.99. The predicted octanol–water partition coefficient (Wildman–Crippen LogP) is 2.34. The van der Waals surface area contributed by atoms with Gasteiger partial charge in [-0.25, -0.2) is 0 Å². The molecule has 20 heavy (non-hydrogen) atoms. The maximum atomic E-state index is 12.3. The van der Waals surface area contributed by atoms with Crippen molar-refractivity contribution in [1.82, 2.24) is 4.90 Å². The molecule has 2 unspecified atom stereocenters. The number of hydrogen-bond acceptors (Lipinski definition) is 3. The molecule has 0 spiro atoms. The number of nitrogens with two attached hydrogens (primary N) is 1. The first kappa shape index (κ1) is 17.7. The van der Waals surface area contributed by atoms with Crippen LogP contribution in [0.2, 0.25) is 0 Å². The lowest BCUT2D eigenvalue weighted by Gasteiger charge is -2.25. The van der Waals surface area contributed by atoms with Gasteiger partial charge in [0.2, 0.25) is 0 Å². The molecule has 118 valence electrons. The molecule has 0 aromatic heterocycles. The summed E-state index contributed by atoms with van der Waals surface area (Å²) in [7, 11) is 0. The van der Waals surface area contributed by atoms with Crippen molar-refractivity contribution in [3.63, 3.8) is 0 Å². The summed E-state index contributed by atoms with van der Waals surface area (Å²) in [5.41, 5.74) is 5.67. The second kappa shape index (κ2) is 8.85. The van der Waals surface area contributed by atoms with E-state index in [1.54, 1.807) is 0 Å². The first-order chi connectivity index (χ1) is 9.20. The average molecular weight is 305 g/mol. The van der Waals surface area contributed by atoms with Crippen LogP contribution in [-0.2, 0) is 9.53 Å². The number of nitrogens with zero attached hydrogens (tertiary/aromatic N) is 1. The third kappa shape index (κ3) is 4.90. The molecule has 2 N–H and O–H groups in total. The number of ether oxygens (including phenoxy) is 1. The molecule has 2 rings (SSSR count). The number of carbonyl (C=O) groups excluding carboxylic acids is 1. The third-order valence-electron chi connectivity index (χ3n) is 4.48. The average Bonchev–Trinajstić information content (AvgIpc) is 2.76. The highest BCUT2D eigenvalue weighted by Crippen LogP contribution is 2.22. The largest absolute Gasteiger partial charge is 0.365 e. The summed E-state index contributed by atoms with van der Waals surface area (Å²) in [5.74, 6) is 0.634. The van der Waals surface area contributed by atoms with E-state index in [0.717, 1.165) is 32.4 Å². The zero-order valence-electron chi connectivity index (χ0n) is 12.6. The maximum Gasteiger partial charge on any atom is 0.251 e. The lowest BCUT2D eigenvalue weighted by atomic mass is 10.1. The molecule has 0 aromatic rings. The van der Waals surface area contributed by atoms with Gasteiger partial charge in [-0.2, -0.15) is 0 Å². The van der Waals surface area contributed by atoms with Gasteiger partial charge in [0.05, 0.1) is 6.10 Å². The van der Waals surface area contributed by atoms with Gasteiger partial charge in [0.15, 0.2) is 0 Å².